The highest BCUT2D eigenvalue weighted by atomic mass is 16.5. The first-order chi connectivity index (χ1) is 8.38. The molecule has 3 heteroatoms. The van der Waals surface area contributed by atoms with Crippen LogP contribution in [0.15, 0.2) is 29.8 Å². The Bertz CT molecular complexity index is 439. The topological polar surface area (TPSA) is 46.5 Å². The van der Waals surface area contributed by atoms with Crippen LogP contribution in [0.2, 0.25) is 0 Å². The lowest BCUT2D eigenvalue weighted by Gasteiger charge is -2.13. The van der Waals surface area contributed by atoms with Crippen LogP contribution in [0.5, 0.6) is 5.75 Å². The van der Waals surface area contributed by atoms with E-state index in [2.05, 4.69) is 6.07 Å². The van der Waals surface area contributed by atoms with Crippen molar-refractivity contribution >= 4 is 5.97 Å². The van der Waals surface area contributed by atoms with Gasteiger partial charge in [0.05, 0.1) is 0 Å². The molecule has 1 rings (SSSR count). The minimum Gasteiger partial charge on any atom is -0.489 e. The second-order valence-electron chi connectivity index (χ2n) is 4.82. The third-order valence-electron chi connectivity index (χ3n) is 2.65. The number of hydrogen-bond acceptors (Lipinski definition) is 2. The molecule has 0 radical (unpaired) electrons. The Morgan fingerprint density at radius 1 is 1.28 bits per heavy atom. The van der Waals surface area contributed by atoms with Crippen LogP contribution in [-0.4, -0.2) is 17.7 Å². The van der Waals surface area contributed by atoms with Crippen LogP contribution < -0.4 is 4.74 Å². The van der Waals surface area contributed by atoms with Crippen molar-refractivity contribution < 1.29 is 14.6 Å². The number of benzene rings is 1. The number of ether oxygens (including phenoxy) is 1. The van der Waals surface area contributed by atoms with E-state index < -0.39 is 5.97 Å². The minimum atomic E-state index is -0.928. The third-order valence-corrected chi connectivity index (χ3v) is 2.65. The molecule has 0 unspecified atom stereocenters. The zero-order chi connectivity index (χ0) is 13.7. The summed E-state index contributed by atoms with van der Waals surface area (Å²) in [4.78, 5) is 10.7. The van der Waals surface area contributed by atoms with Gasteiger partial charge in [-0.05, 0) is 48.6 Å². The highest BCUT2D eigenvalue weighted by Gasteiger charge is 2.07. The third kappa shape index (κ3) is 4.62. The normalized spacial score (nSPS) is 11.7. The molecule has 0 aliphatic rings. The van der Waals surface area contributed by atoms with Gasteiger partial charge in [-0.2, -0.15) is 0 Å². The summed E-state index contributed by atoms with van der Waals surface area (Å²) in [6.07, 6.45) is 1.23. The van der Waals surface area contributed by atoms with Crippen LogP contribution in [0.3, 0.4) is 0 Å². The summed E-state index contributed by atoms with van der Waals surface area (Å²) < 4.78 is 5.66. The molecule has 1 N–H and O–H groups in total. The Kier molecular flexibility index (Phi) is 4.95. The van der Waals surface area contributed by atoms with Crippen molar-refractivity contribution in [1.82, 2.24) is 0 Å². The lowest BCUT2D eigenvalue weighted by atomic mass is 10.0. The quantitative estimate of drug-likeness (QED) is 0.813. The average molecular weight is 248 g/mol. The zero-order valence-electron chi connectivity index (χ0n) is 11.4. The van der Waals surface area contributed by atoms with E-state index in [1.165, 1.54) is 6.08 Å². The van der Waals surface area contributed by atoms with Crippen molar-refractivity contribution in [3.8, 4) is 5.75 Å². The van der Waals surface area contributed by atoms with Crippen molar-refractivity contribution in [2.24, 2.45) is 5.92 Å². The summed E-state index contributed by atoms with van der Waals surface area (Å²) in [7, 11) is 0. The summed E-state index contributed by atoms with van der Waals surface area (Å²) in [5.41, 5.74) is 3.05. The largest absolute Gasteiger partial charge is 0.489 e. The zero-order valence-corrected chi connectivity index (χ0v) is 11.4. The van der Waals surface area contributed by atoms with Gasteiger partial charge in [-0.3, -0.25) is 0 Å². The van der Waals surface area contributed by atoms with Gasteiger partial charge in [-0.25, -0.2) is 4.79 Å². The standard InChI is InChI=1S/C15H20O3/c1-10(2)13(8-15(16)17)9-18-14-6-11(3)5-12(4)7-14/h5-8,10H,9H2,1-4H3,(H,16,17)/b13-8-. The maximum Gasteiger partial charge on any atom is 0.328 e. The molecule has 0 aliphatic heterocycles. The van der Waals surface area contributed by atoms with Crippen LogP contribution in [0.25, 0.3) is 0 Å². The highest BCUT2D eigenvalue weighted by Crippen LogP contribution is 2.18. The predicted molar refractivity (Wildman–Crippen MR) is 72.0 cm³/mol. The lowest BCUT2D eigenvalue weighted by molar-refractivity contribution is -0.131. The molecular weight excluding hydrogens is 228 g/mol. The van der Waals surface area contributed by atoms with Crippen LogP contribution in [0.4, 0.5) is 0 Å². The lowest BCUT2D eigenvalue weighted by Crippen LogP contribution is -2.09. The molecule has 1 aromatic carbocycles. The molecule has 18 heavy (non-hydrogen) atoms. The van der Waals surface area contributed by atoms with E-state index in [0.29, 0.717) is 6.61 Å². The first-order valence-electron chi connectivity index (χ1n) is 6.03. The molecule has 0 fully saturated rings. The van der Waals surface area contributed by atoms with Crippen molar-refractivity contribution in [3.63, 3.8) is 0 Å². The number of aliphatic carboxylic acids is 1. The van der Waals surface area contributed by atoms with Crippen molar-refractivity contribution in [3.05, 3.63) is 41.0 Å². The molecule has 0 bridgehead atoms. The highest BCUT2D eigenvalue weighted by molar-refractivity contribution is 5.80. The second-order valence-corrected chi connectivity index (χ2v) is 4.82. The molecule has 0 saturated carbocycles. The van der Waals surface area contributed by atoms with Gasteiger partial charge in [0.2, 0.25) is 0 Å². The minimum absolute atomic E-state index is 0.159. The van der Waals surface area contributed by atoms with Gasteiger partial charge >= 0.3 is 5.97 Å². The Balaban J connectivity index is 2.76. The number of rotatable bonds is 5. The first kappa shape index (κ1) is 14.3. The summed E-state index contributed by atoms with van der Waals surface area (Å²) in [6, 6.07) is 5.97. The number of carboxylic acids is 1. The first-order valence-corrected chi connectivity index (χ1v) is 6.03. The molecule has 0 aromatic heterocycles. The van der Waals surface area contributed by atoms with Crippen LogP contribution in [0.1, 0.15) is 25.0 Å². The number of hydrogen-bond donors (Lipinski definition) is 1. The molecule has 0 atom stereocenters. The molecule has 0 aliphatic carbocycles. The van der Waals surface area contributed by atoms with Gasteiger partial charge in [0, 0.05) is 6.08 Å². The van der Waals surface area contributed by atoms with Crippen LogP contribution in [0, 0.1) is 19.8 Å². The van der Waals surface area contributed by atoms with Gasteiger partial charge in [-0.1, -0.05) is 19.9 Å². The maximum absolute atomic E-state index is 10.7. The molecule has 98 valence electrons. The second kappa shape index (κ2) is 6.24. The number of carboxylic acid groups (broad SMARTS) is 1. The summed E-state index contributed by atoms with van der Waals surface area (Å²) in [6.45, 7) is 8.25. The fraction of sp³-hybridized carbons (Fsp3) is 0.400. The predicted octanol–water partition coefficient (Wildman–Crippen LogP) is 3.35. The van der Waals surface area contributed by atoms with Crippen molar-refractivity contribution in [2.75, 3.05) is 6.61 Å². The van der Waals surface area contributed by atoms with Gasteiger partial charge in [0.15, 0.2) is 0 Å². The van der Waals surface area contributed by atoms with E-state index in [4.69, 9.17) is 9.84 Å². The Labute approximate surface area is 108 Å². The van der Waals surface area contributed by atoms with E-state index in [1.54, 1.807) is 0 Å². The fourth-order valence-corrected chi connectivity index (χ4v) is 1.72. The van der Waals surface area contributed by atoms with Gasteiger partial charge in [0.25, 0.3) is 0 Å². The Morgan fingerprint density at radius 3 is 2.28 bits per heavy atom. The van der Waals surface area contributed by atoms with E-state index in [1.807, 2.05) is 39.8 Å². The van der Waals surface area contributed by atoms with E-state index in [0.717, 1.165) is 22.4 Å². The smallest absolute Gasteiger partial charge is 0.328 e. The molecule has 3 nitrogen and oxygen atoms in total. The monoisotopic (exact) mass is 248 g/mol. The fourth-order valence-electron chi connectivity index (χ4n) is 1.72. The van der Waals surface area contributed by atoms with Crippen molar-refractivity contribution in [1.29, 1.82) is 0 Å². The molecule has 0 heterocycles. The van der Waals surface area contributed by atoms with Crippen LogP contribution in [-0.2, 0) is 4.79 Å². The average Bonchev–Trinajstić information content (AvgIpc) is 2.21. The van der Waals surface area contributed by atoms with E-state index >= 15 is 0 Å². The molecule has 0 saturated heterocycles. The summed E-state index contributed by atoms with van der Waals surface area (Å²) in [5, 5.41) is 8.79. The van der Waals surface area contributed by atoms with Crippen LogP contribution >= 0.6 is 0 Å². The van der Waals surface area contributed by atoms with E-state index in [-0.39, 0.29) is 5.92 Å². The maximum atomic E-state index is 10.7. The van der Waals surface area contributed by atoms with Gasteiger partial charge in [0.1, 0.15) is 12.4 Å². The number of carbonyl (C=O) groups is 1. The molecule has 0 spiro atoms. The molecule has 0 amide bonds. The Morgan fingerprint density at radius 2 is 1.83 bits per heavy atom. The molecular formula is C15H20O3. The van der Waals surface area contributed by atoms with Gasteiger partial charge in [-0.15, -0.1) is 0 Å². The van der Waals surface area contributed by atoms with Crippen molar-refractivity contribution in [2.45, 2.75) is 27.7 Å². The number of aryl methyl sites for hydroxylation is 2. The SMILES string of the molecule is Cc1cc(C)cc(OC/C(=C/C(=O)O)C(C)C)c1. The summed E-state index contributed by atoms with van der Waals surface area (Å²) >= 11 is 0. The molecule has 1 aromatic rings. The van der Waals surface area contributed by atoms with Gasteiger partial charge < -0.3 is 9.84 Å². The van der Waals surface area contributed by atoms with E-state index in [9.17, 15) is 4.79 Å². The Hall–Kier alpha value is -1.77. The summed E-state index contributed by atoms with van der Waals surface area (Å²) in [5.74, 6) is 0.0131.